The Labute approximate surface area is 244 Å². The van der Waals surface area contributed by atoms with E-state index in [0.717, 1.165) is 25.5 Å². The lowest BCUT2D eigenvalue weighted by Gasteiger charge is -2.11. The first-order chi connectivity index (χ1) is 19.2. The van der Waals surface area contributed by atoms with Crippen LogP contribution in [0.5, 0.6) is 0 Å². The molecule has 0 fully saturated rings. The van der Waals surface area contributed by atoms with Crippen LogP contribution < -0.4 is 21.7 Å². The lowest BCUT2D eigenvalue weighted by molar-refractivity contribution is 0.259. The summed E-state index contributed by atoms with van der Waals surface area (Å²) in [4.78, 5) is 25.6. The molecule has 10 nitrogen and oxygen atoms in total. The van der Waals surface area contributed by atoms with Gasteiger partial charge in [-0.3, -0.25) is 0 Å². The smallest absolute Gasteiger partial charge is 0.316 e. The fourth-order valence-corrected chi connectivity index (χ4v) is 4.56. The zero-order chi connectivity index (χ0) is 28.2. The molecule has 40 heavy (non-hydrogen) atoms. The molecule has 0 saturated heterocycles. The number of rotatable bonds is 7. The summed E-state index contributed by atoms with van der Waals surface area (Å²) in [5.74, 6) is -0.0724. The minimum atomic E-state index is -0.989. The molecular formula is C26H20FN9OS3. The SMILES string of the molecule is NC(=O)Nc1cc(Nc2nc(F)nc(Nc3ccc(S)cc3)n2)ccc1N=Nc1ccc2c(S)cc(S)cc2c1. The van der Waals surface area contributed by atoms with Crippen molar-refractivity contribution in [3.8, 4) is 0 Å². The van der Waals surface area contributed by atoms with Crippen molar-refractivity contribution in [2.75, 3.05) is 16.0 Å². The van der Waals surface area contributed by atoms with Gasteiger partial charge in [0.25, 0.3) is 0 Å². The van der Waals surface area contributed by atoms with Crippen molar-refractivity contribution < 1.29 is 9.18 Å². The minimum absolute atomic E-state index is 0.00622. The number of nitrogens with one attached hydrogen (secondary N) is 3. The van der Waals surface area contributed by atoms with Crippen molar-refractivity contribution in [2.45, 2.75) is 14.7 Å². The number of fused-ring (bicyclic) bond motifs is 1. The number of carbonyl (C=O) groups excluding carboxylic acids is 1. The summed E-state index contributed by atoms with van der Waals surface area (Å²) in [7, 11) is 0. The van der Waals surface area contributed by atoms with Crippen LogP contribution in [-0.2, 0) is 0 Å². The van der Waals surface area contributed by atoms with Gasteiger partial charge in [-0.25, -0.2) is 4.79 Å². The highest BCUT2D eigenvalue weighted by Gasteiger charge is 2.11. The lowest BCUT2D eigenvalue weighted by atomic mass is 10.1. The highest BCUT2D eigenvalue weighted by atomic mass is 32.1. The van der Waals surface area contributed by atoms with Gasteiger partial charge in [0, 0.05) is 26.1 Å². The number of anilines is 5. The molecule has 0 spiro atoms. The molecule has 4 aromatic carbocycles. The molecular weight excluding hydrogens is 570 g/mol. The number of nitrogens with two attached hydrogens (primary N) is 1. The molecule has 0 saturated carbocycles. The van der Waals surface area contributed by atoms with Crippen molar-refractivity contribution in [1.29, 1.82) is 0 Å². The summed E-state index contributed by atoms with van der Waals surface area (Å²) in [6.07, 6.45) is -0.989. The number of benzene rings is 4. The molecule has 0 unspecified atom stereocenters. The number of thiol groups is 3. The van der Waals surface area contributed by atoms with E-state index in [1.807, 2.05) is 24.3 Å². The summed E-state index contributed by atoms with van der Waals surface area (Å²) in [5.41, 5.74) is 7.60. The maximum atomic E-state index is 14.2. The zero-order valence-electron chi connectivity index (χ0n) is 20.4. The van der Waals surface area contributed by atoms with E-state index in [2.05, 4.69) is 79.0 Å². The maximum absolute atomic E-state index is 14.2. The quantitative estimate of drug-likeness (QED) is 0.0778. The number of halogens is 1. The molecule has 5 N–H and O–H groups in total. The first-order valence-corrected chi connectivity index (χ1v) is 12.9. The number of hydrogen-bond donors (Lipinski definition) is 7. The summed E-state index contributed by atoms with van der Waals surface area (Å²) in [5, 5.41) is 18.8. The number of nitrogens with zero attached hydrogens (tertiary/aromatic N) is 5. The van der Waals surface area contributed by atoms with Gasteiger partial charge in [-0.2, -0.15) is 24.5 Å². The Morgan fingerprint density at radius 2 is 1.48 bits per heavy atom. The molecule has 14 heteroatoms. The van der Waals surface area contributed by atoms with Gasteiger partial charge in [-0.05, 0) is 77.5 Å². The van der Waals surface area contributed by atoms with Crippen LogP contribution in [0.3, 0.4) is 0 Å². The van der Waals surface area contributed by atoms with Gasteiger partial charge >= 0.3 is 12.1 Å². The molecule has 0 bridgehead atoms. The number of amides is 2. The molecule has 5 aromatic rings. The van der Waals surface area contributed by atoms with Crippen molar-refractivity contribution >= 4 is 95.0 Å². The van der Waals surface area contributed by atoms with E-state index >= 15 is 0 Å². The van der Waals surface area contributed by atoms with Gasteiger partial charge in [0.15, 0.2) is 0 Å². The van der Waals surface area contributed by atoms with Gasteiger partial charge in [0.1, 0.15) is 5.69 Å². The van der Waals surface area contributed by atoms with Crippen LogP contribution in [0, 0.1) is 6.08 Å². The third kappa shape index (κ3) is 6.77. The molecule has 5 rings (SSSR count). The number of primary amides is 1. The third-order valence-corrected chi connectivity index (χ3v) is 6.34. The first-order valence-electron chi connectivity index (χ1n) is 11.5. The van der Waals surface area contributed by atoms with Crippen molar-refractivity contribution in [3.63, 3.8) is 0 Å². The Hall–Kier alpha value is -4.40. The predicted molar refractivity (Wildman–Crippen MR) is 162 cm³/mol. The fourth-order valence-electron chi connectivity index (χ4n) is 3.69. The van der Waals surface area contributed by atoms with E-state index in [0.29, 0.717) is 22.7 Å². The van der Waals surface area contributed by atoms with Crippen LogP contribution in [0.15, 0.2) is 97.7 Å². The van der Waals surface area contributed by atoms with Gasteiger partial charge in [-0.1, -0.05) is 6.07 Å². The van der Waals surface area contributed by atoms with E-state index in [9.17, 15) is 9.18 Å². The van der Waals surface area contributed by atoms with E-state index in [1.165, 1.54) is 0 Å². The van der Waals surface area contributed by atoms with Crippen molar-refractivity contribution in [2.24, 2.45) is 16.0 Å². The molecule has 200 valence electrons. The van der Waals surface area contributed by atoms with Crippen molar-refractivity contribution in [3.05, 3.63) is 78.9 Å². The molecule has 1 aromatic heterocycles. The van der Waals surface area contributed by atoms with Crippen LogP contribution in [0.4, 0.5) is 49.5 Å². The Morgan fingerprint density at radius 3 is 2.20 bits per heavy atom. The van der Waals surface area contributed by atoms with E-state index in [1.54, 1.807) is 48.5 Å². The van der Waals surface area contributed by atoms with E-state index < -0.39 is 12.1 Å². The summed E-state index contributed by atoms with van der Waals surface area (Å²) >= 11 is 13.1. The maximum Gasteiger partial charge on any atom is 0.316 e. The minimum Gasteiger partial charge on any atom is -0.351 e. The Kier molecular flexibility index (Phi) is 8.00. The lowest BCUT2D eigenvalue weighted by Crippen LogP contribution is -2.19. The second-order valence-corrected chi connectivity index (χ2v) is 9.85. The summed E-state index contributed by atoms with van der Waals surface area (Å²) < 4.78 is 14.2. The van der Waals surface area contributed by atoms with Gasteiger partial charge in [-0.15, -0.1) is 43.0 Å². The molecule has 2 amide bonds. The third-order valence-electron chi connectivity index (χ3n) is 5.41. The number of azo groups is 1. The Bertz CT molecular complexity index is 1770. The molecule has 0 atom stereocenters. The Morgan fingerprint density at radius 1 is 0.775 bits per heavy atom. The molecule has 0 aliphatic carbocycles. The van der Waals surface area contributed by atoms with Crippen molar-refractivity contribution in [1.82, 2.24) is 15.0 Å². The normalized spacial score (nSPS) is 11.1. The first kappa shape index (κ1) is 27.2. The highest BCUT2D eigenvalue weighted by molar-refractivity contribution is 7.81. The zero-order valence-corrected chi connectivity index (χ0v) is 23.1. The van der Waals surface area contributed by atoms with Crippen LogP contribution >= 0.6 is 37.9 Å². The fraction of sp³-hybridized carbons (Fsp3) is 0. The topological polar surface area (TPSA) is 143 Å². The number of hydrogen-bond acceptors (Lipinski definition) is 11. The summed E-state index contributed by atoms with van der Waals surface area (Å²) in [6, 6.07) is 20.3. The predicted octanol–water partition coefficient (Wildman–Crippen LogP) is 7.42. The Balaban J connectivity index is 1.39. The van der Waals surface area contributed by atoms with E-state index in [4.69, 9.17) is 5.73 Å². The number of carbonyl (C=O) groups is 1. The average Bonchev–Trinajstić information content (AvgIpc) is 2.88. The molecule has 0 radical (unpaired) electrons. The average molecular weight is 590 g/mol. The van der Waals surface area contributed by atoms with Crippen LogP contribution in [-0.4, -0.2) is 21.0 Å². The van der Waals surface area contributed by atoms with Gasteiger partial charge in [0.05, 0.1) is 11.4 Å². The van der Waals surface area contributed by atoms with Crippen LogP contribution in [0.25, 0.3) is 10.8 Å². The molecule has 0 aliphatic heterocycles. The number of urea groups is 1. The van der Waals surface area contributed by atoms with E-state index in [-0.39, 0.29) is 17.6 Å². The van der Waals surface area contributed by atoms with Crippen LogP contribution in [0.1, 0.15) is 0 Å². The second kappa shape index (κ2) is 11.8. The molecule has 0 aliphatic rings. The highest BCUT2D eigenvalue weighted by Crippen LogP contribution is 2.33. The largest absolute Gasteiger partial charge is 0.351 e. The van der Waals surface area contributed by atoms with Gasteiger partial charge < -0.3 is 21.7 Å². The molecule has 1 heterocycles. The monoisotopic (exact) mass is 589 g/mol. The second-order valence-electron chi connectivity index (χ2n) is 8.34. The number of aromatic nitrogens is 3. The van der Waals surface area contributed by atoms with Crippen LogP contribution in [0.2, 0.25) is 0 Å². The van der Waals surface area contributed by atoms with Gasteiger partial charge in [0.2, 0.25) is 11.9 Å². The standard InChI is InChI=1S/C26H20FN9OS3/c27-23-32-25(29-14-1-5-17(38)6-2-14)34-26(33-23)30-15-4-8-20(21(11-15)31-24(28)37)36-35-16-3-7-19-13(9-16)10-18(39)12-22(19)40/h1-12,38-40H,(H3,28,31,37)(H2,29,30,32,33,34). The summed E-state index contributed by atoms with van der Waals surface area (Å²) in [6.45, 7) is 0.